The maximum Gasteiger partial charge on any atom is 0.339 e. The molecule has 0 saturated heterocycles. The van der Waals surface area contributed by atoms with E-state index in [0.717, 1.165) is 6.26 Å². The second kappa shape index (κ2) is 6.91. The zero-order valence-corrected chi connectivity index (χ0v) is 14.2. The fraction of sp³-hybridized carbons (Fsp3) is 0.467. The van der Waals surface area contributed by atoms with Crippen LogP contribution in [0.15, 0.2) is 23.1 Å². The first-order chi connectivity index (χ1) is 10.0. The summed E-state index contributed by atoms with van der Waals surface area (Å²) in [6.07, 6.45) is 0.0991. The molecule has 0 fully saturated rings. The van der Waals surface area contributed by atoms with Crippen LogP contribution >= 0.6 is 0 Å². The molecule has 0 aliphatic rings. The van der Waals surface area contributed by atoms with Gasteiger partial charge in [0.05, 0.1) is 10.5 Å². The highest BCUT2D eigenvalue weighted by molar-refractivity contribution is 7.90. The lowest BCUT2D eigenvalue weighted by Gasteiger charge is -2.16. The zero-order chi connectivity index (χ0) is 17.1. The maximum absolute atomic E-state index is 12.1. The largest absolute Gasteiger partial charge is 0.449 e. The Morgan fingerprint density at radius 1 is 1.18 bits per heavy atom. The zero-order valence-electron chi connectivity index (χ0n) is 13.3. The van der Waals surface area contributed by atoms with Crippen molar-refractivity contribution in [2.75, 3.05) is 6.26 Å². The Hall–Kier alpha value is -1.89. The summed E-state index contributed by atoms with van der Waals surface area (Å²) in [5.41, 5.74) is 0.709. The van der Waals surface area contributed by atoms with Gasteiger partial charge in [-0.15, -0.1) is 0 Å². The van der Waals surface area contributed by atoms with Crippen molar-refractivity contribution < 1.29 is 22.7 Å². The summed E-state index contributed by atoms with van der Waals surface area (Å²) in [4.78, 5) is 23.9. The number of hydrogen-bond acceptors (Lipinski definition) is 5. The monoisotopic (exact) mass is 327 g/mol. The van der Waals surface area contributed by atoms with Crippen molar-refractivity contribution >= 4 is 21.7 Å². The standard InChI is InChI=1S/C15H21NO5S/c1-9(2)16-14(17)11(4)21-15(18)13-8-12(22(5,19)20)7-6-10(13)3/h6-9,11H,1-5H3,(H,16,17)/t11-/m0/s1. The summed E-state index contributed by atoms with van der Waals surface area (Å²) in [7, 11) is -3.42. The molecule has 0 unspecified atom stereocenters. The molecule has 0 bridgehead atoms. The van der Waals surface area contributed by atoms with Gasteiger partial charge in [-0.3, -0.25) is 4.79 Å². The Morgan fingerprint density at radius 2 is 1.77 bits per heavy atom. The number of benzene rings is 1. The first kappa shape index (κ1) is 18.2. The van der Waals surface area contributed by atoms with E-state index in [1.807, 2.05) is 0 Å². The highest BCUT2D eigenvalue weighted by Crippen LogP contribution is 2.17. The molecule has 1 aromatic rings. The van der Waals surface area contributed by atoms with Gasteiger partial charge < -0.3 is 10.1 Å². The first-order valence-electron chi connectivity index (χ1n) is 6.84. The van der Waals surface area contributed by atoms with Crippen molar-refractivity contribution in [3.05, 3.63) is 29.3 Å². The van der Waals surface area contributed by atoms with Gasteiger partial charge in [0.2, 0.25) is 0 Å². The Bertz CT molecular complexity index is 679. The molecule has 7 heteroatoms. The molecule has 1 aromatic carbocycles. The van der Waals surface area contributed by atoms with Gasteiger partial charge in [-0.1, -0.05) is 6.07 Å². The minimum absolute atomic E-state index is 0.0318. The van der Waals surface area contributed by atoms with E-state index < -0.39 is 27.8 Å². The molecule has 6 nitrogen and oxygen atoms in total. The molecule has 1 atom stereocenters. The molecular formula is C15H21NO5S. The van der Waals surface area contributed by atoms with Gasteiger partial charge in [-0.25, -0.2) is 13.2 Å². The maximum atomic E-state index is 12.1. The fourth-order valence-corrected chi connectivity index (χ4v) is 2.38. The molecule has 22 heavy (non-hydrogen) atoms. The molecule has 0 aliphatic heterocycles. The highest BCUT2D eigenvalue weighted by atomic mass is 32.2. The van der Waals surface area contributed by atoms with Gasteiger partial charge in [0.15, 0.2) is 15.9 Å². The van der Waals surface area contributed by atoms with Crippen LogP contribution < -0.4 is 5.32 Å². The van der Waals surface area contributed by atoms with Crippen LogP contribution in [0.5, 0.6) is 0 Å². The van der Waals surface area contributed by atoms with Crippen LogP contribution in [0.4, 0.5) is 0 Å². The summed E-state index contributed by atoms with van der Waals surface area (Å²) < 4.78 is 28.2. The third-order valence-corrected chi connectivity index (χ3v) is 4.05. The second-order valence-electron chi connectivity index (χ2n) is 5.46. The molecule has 1 N–H and O–H groups in total. The number of aryl methyl sites for hydroxylation is 1. The lowest BCUT2D eigenvalue weighted by atomic mass is 10.1. The molecule has 0 aromatic heterocycles. The van der Waals surface area contributed by atoms with E-state index in [-0.39, 0.29) is 16.5 Å². The topological polar surface area (TPSA) is 89.5 Å². The summed E-state index contributed by atoms with van der Waals surface area (Å²) in [5.74, 6) is -1.13. The molecule has 1 amide bonds. The van der Waals surface area contributed by atoms with E-state index >= 15 is 0 Å². The van der Waals surface area contributed by atoms with Crippen molar-refractivity contribution in [3.63, 3.8) is 0 Å². The van der Waals surface area contributed by atoms with Crippen LogP contribution in [0.1, 0.15) is 36.7 Å². The number of rotatable bonds is 5. The Kier molecular flexibility index (Phi) is 5.71. The molecule has 0 radical (unpaired) electrons. The number of carbonyl (C=O) groups excluding carboxylic acids is 2. The van der Waals surface area contributed by atoms with E-state index in [1.54, 1.807) is 20.8 Å². The minimum atomic E-state index is -3.42. The van der Waals surface area contributed by atoms with Crippen molar-refractivity contribution in [2.24, 2.45) is 0 Å². The quantitative estimate of drug-likeness (QED) is 0.827. The second-order valence-corrected chi connectivity index (χ2v) is 7.48. The van der Waals surface area contributed by atoms with Crippen LogP contribution in [0.3, 0.4) is 0 Å². The average molecular weight is 327 g/mol. The summed E-state index contributed by atoms with van der Waals surface area (Å²) in [6.45, 7) is 6.73. The Morgan fingerprint density at radius 3 is 2.27 bits per heavy atom. The van der Waals surface area contributed by atoms with Crippen LogP contribution in [0.2, 0.25) is 0 Å². The normalized spacial score (nSPS) is 12.8. The van der Waals surface area contributed by atoms with Crippen molar-refractivity contribution in [1.82, 2.24) is 5.32 Å². The van der Waals surface area contributed by atoms with Gasteiger partial charge in [0.25, 0.3) is 5.91 Å². The van der Waals surface area contributed by atoms with E-state index in [4.69, 9.17) is 4.74 Å². The molecular weight excluding hydrogens is 306 g/mol. The minimum Gasteiger partial charge on any atom is -0.449 e. The summed E-state index contributed by atoms with van der Waals surface area (Å²) >= 11 is 0. The molecule has 0 saturated carbocycles. The van der Waals surface area contributed by atoms with Crippen LogP contribution in [-0.2, 0) is 19.4 Å². The third kappa shape index (κ3) is 4.84. The predicted octanol–water partition coefficient (Wildman–Crippen LogP) is 1.47. The molecule has 122 valence electrons. The van der Waals surface area contributed by atoms with Crippen molar-refractivity contribution in [3.8, 4) is 0 Å². The van der Waals surface area contributed by atoms with Gasteiger partial charge in [-0.2, -0.15) is 0 Å². The Labute approximate surface area is 130 Å². The average Bonchev–Trinajstić information content (AvgIpc) is 2.36. The number of sulfone groups is 1. The molecule has 0 spiro atoms. The smallest absolute Gasteiger partial charge is 0.339 e. The number of hydrogen-bond donors (Lipinski definition) is 1. The van der Waals surface area contributed by atoms with Crippen molar-refractivity contribution in [2.45, 2.75) is 44.7 Å². The third-order valence-electron chi connectivity index (χ3n) is 2.94. The van der Waals surface area contributed by atoms with E-state index in [9.17, 15) is 18.0 Å². The molecule has 0 heterocycles. The van der Waals surface area contributed by atoms with Crippen molar-refractivity contribution in [1.29, 1.82) is 0 Å². The Balaban J connectivity index is 2.97. The van der Waals surface area contributed by atoms with Gasteiger partial charge in [0.1, 0.15) is 0 Å². The van der Waals surface area contributed by atoms with Gasteiger partial charge in [-0.05, 0) is 45.4 Å². The lowest BCUT2D eigenvalue weighted by molar-refractivity contribution is -0.129. The van der Waals surface area contributed by atoms with E-state index in [2.05, 4.69) is 5.32 Å². The summed E-state index contributed by atoms with van der Waals surface area (Å²) in [5, 5.41) is 2.64. The number of carbonyl (C=O) groups is 2. The van der Waals surface area contributed by atoms with Crippen LogP contribution in [0.25, 0.3) is 0 Å². The van der Waals surface area contributed by atoms with E-state index in [1.165, 1.54) is 25.1 Å². The predicted molar refractivity (Wildman–Crippen MR) is 82.4 cm³/mol. The van der Waals surface area contributed by atoms with E-state index in [0.29, 0.717) is 5.56 Å². The number of ether oxygens (including phenoxy) is 1. The highest BCUT2D eigenvalue weighted by Gasteiger charge is 2.21. The number of amides is 1. The summed E-state index contributed by atoms with van der Waals surface area (Å²) in [6, 6.07) is 4.16. The van der Waals surface area contributed by atoms with Gasteiger partial charge in [0, 0.05) is 12.3 Å². The SMILES string of the molecule is Cc1ccc(S(C)(=O)=O)cc1C(=O)O[C@@H](C)C(=O)NC(C)C. The molecule has 1 rings (SSSR count). The number of esters is 1. The van der Waals surface area contributed by atoms with Gasteiger partial charge >= 0.3 is 5.97 Å². The molecule has 0 aliphatic carbocycles. The first-order valence-corrected chi connectivity index (χ1v) is 8.73. The fourth-order valence-electron chi connectivity index (χ4n) is 1.73. The lowest BCUT2D eigenvalue weighted by Crippen LogP contribution is -2.39. The van der Waals surface area contributed by atoms with Crippen LogP contribution in [0, 0.1) is 6.92 Å². The number of nitrogens with one attached hydrogen (secondary N) is 1. The van der Waals surface area contributed by atoms with Crippen LogP contribution in [-0.4, -0.2) is 38.7 Å².